The lowest BCUT2D eigenvalue weighted by Gasteiger charge is -2.12. The molecule has 0 spiro atoms. The van der Waals surface area contributed by atoms with E-state index in [2.05, 4.69) is 16.0 Å². The van der Waals surface area contributed by atoms with E-state index in [4.69, 9.17) is 0 Å². The van der Waals surface area contributed by atoms with Gasteiger partial charge in [0.1, 0.15) is 0 Å². The molecule has 1 aliphatic heterocycles. The van der Waals surface area contributed by atoms with Crippen molar-refractivity contribution in [3.63, 3.8) is 0 Å². The second-order valence-electron chi connectivity index (χ2n) is 5.26. The van der Waals surface area contributed by atoms with E-state index >= 15 is 0 Å². The first kappa shape index (κ1) is 14.4. The first-order chi connectivity index (χ1) is 9.59. The van der Waals surface area contributed by atoms with E-state index < -0.39 is 0 Å². The maximum absolute atomic E-state index is 12.1. The zero-order valence-corrected chi connectivity index (χ0v) is 11.9. The van der Waals surface area contributed by atoms with Crippen LogP contribution in [0.25, 0.3) is 0 Å². The number of hydrogen-bond donors (Lipinski definition) is 3. The van der Waals surface area contributed by atoms with Gasteiger partial charge in [-0.3, -0.25) is 9.59 Å². The maximum atomic E-state index is 12.1. The predicted octanol–water partition coefficient (Wildman–Crippen LogP) is 1.08. The van der Waals surface area contributed by atoms with Gasteiger partial charge in [0, 0.05) is 31.2 Å². The fourth-order valence-corrected chi connectivity index (χ4v) is 2.22. The van der Waals surface area contributed by atoms with E-state index in [1.54, 1.807) is 0 Å². The summed E-state index contributed by atoms with van der Waals surface area (Å²) in [4.78, 5) is 23.5. The Balaban J connectivity index is 1.78. The van der Waals surface area contributed by atoms with Crippen LogP contribution in [0.1, 0.15) is 25.3 Å². The zero-order chi connectivity index (χ0) is 14.5. The molecule has 2 amide bonds. The summed E-state index contributed by atoms with van der Waals surface area (Å²) in [6.45, 7) is 5.23. The van der Waals surface area contributed by atoms with Crippen molar-refractivity contribution < 1.29 is 9.59 Å². The average molecular weight is 275 g/mol. The van der Waals surface area contributed by atoms with Crippen LogP contribution in [0.3, 0.4) is 0 Å². The van der Waals surface area contributed by atoms with Crippen molar-refractivity contribution in [3.8, 4) is 0 Å². The van der Waals surface area contributed by atoms with Crippen molar-refractivity contribution >= 4 is 17.5 Å². The Morgan fingerprint density at radius 3 is 2.70 bits per heavy atom. The number of anilines is 1. The molecule has 2 rings (SSSR count). The lowest BCUT2D eigenvalue weighted by molar-refractivity contribution is -0.125. The van der Waals surface area contributed by atoms with Gasteiger partial charge >= 0.3 is 0 Å². The molecule has 0 saturated heterocycles. The van der Waals surface area contributed by atoms with Gasteiger partial charge in [0.2, 0.25) is 11.8 Å². The van der Waals surface area contributed by atoms with Gasteiger partial charge in [0.25, 0.3) is 0 Å². The summed E-state index contributed by atoms with van der Waals surface area (Å²) in [6, 6.07) is 7.84. The van der Waals surface area contributed by atoms with E-state index in [0.29, 0.717) is 19.6 Å². The fraction of sp³-hybridized carbons (Fsp3) is 0.467. The second kappa shape index (κ2) is 6.41. The van der Waals surface area contributed by atoms with Crippen LogP contribution in [0.4, 0.5) is 5.69 Å². The highest BCUT2D eigenvalue weighted by Gasteiger charge is 2.27. The average Bonchev–Trinajstić information content (AvgIpc) is 2.87. The SMILES string of the molecule is CC(C)C(=O)NCCNC(=O)C1CNc2ccccc21. The molecule has 0 fully saturated rings. The molecule has 20 heavy (non-hydrogen) atoms. The molecule has 1 aliphatic rings. The normalized spacial score (nSPS) is 16.4. The van der Waals surface area contributed by atoms with Crippen LogP contribution >= 0.6 is 0 Å². The number of carbonyl (C=O) groups is 2. The first-order valence-corrected chi connectivity index (χ1v) is 6.98. The minimum Gasteiger partial charge on any atom is -0.384 e. The van der Waals surface area contributed by atoms with Crippen molar-refractivity contribution in [2.75, 3.05) is 25.0 Å². The van der Waals surface area contributed by atoms with Gasteiger partial charge in [0.15, 0.2) is 0 Å². The molecule has 1 heterocycles. The number of benzene rings is 1. The van der Waals surface area contributed by atoms with E-state index in [1.807, 2.05) is 38.1 Å². The van der Waals surface area contributed by atoms with Gasteiger partial charge < -0.3 is 16.0 Å². The summed E-state index contributed by atoms with van der Waals surface area (Å²) in [6.07, 6.45) is 0. The van der Waals surface area contributed by atoms with Gasteiger partial charge in [0.05, 0.1) is 5.92 Å². The van der Waals surface area contributed by atoms with Gasteiger partial charge in [-0.2, -0.15) is 0 Å². The Hall–Kier alpha value is -2.04. The molecule has 0 aromatic heterocycles. The molecule has 0 bridgehead atoms. The van der Waals surface area contributed by atoms with Gasteiger partial charge in [-0.1, -0.05) is 32.0 Å². The minimum absolute atomic E-state index is 0.00115. The first-order valence-electron chi connectivity index (χ1n) is 6.98. The molecule has 1 aromatic rings. The second-order valence-corrected chi connectivity index (χ2v) is 5.26. The molecule has 0 radical (unpaired) electrons. The summed E-state index contributed by atoms with van der Waals surface area (Å²) in [5.74, 6) is -0.169. The molecule has 5 nitrogen and oxygen atoms in total. The quantitative estimate of drug-likeness (QED) is 0.704. The van der Waals surface area contributed by atoms with Gasteiger partial charge in [-0.15, -0.1) is 0 Å². The lowest BCUT2D eigenvalue weighted by atomic mass is 10.0. The summed E-state index contributed by atoms with van der Waals surface area (Å²) in [7, 11) is 0. The topological polar surface area (TPSA) is 70.2 Å². The number of nitrogens with one attached hydrogen (secondary N) is 3. The van der Waals surface area contributed by atoms with Crippen molar-refractivity contribution in [2.24, 2.45) is 5.92 Å². The molecular formula is C15H21N3O2. The Morgan fingerprint density at radius 2 is 1.95 bits per heavy atom. The molecule has 1 aromatic carbocycles. The molecule has 1 unspecified atom stereocenters. The van der Waals surface area contributed by atoms with Crippen LogP contribution < -0.4 is 16.0 Å². The molecule has 1 atom stereocenters. The summed E-state index contributed by atoms with van der Waals surface area (Å²) >= 11 is 0. The zero-order valence-electron chi connectivity index (χ0n) is 11.9. The number of rotatable bonds is 5. The van der Waals surface area contributed by atoms with Crippen LogP contribution in [-0.4, -0.2) is 31.4 Å². The smallest absolute Gasteiger partial charge is 0.229 e. The Morgan fingerprint density at radius 1 is 1.25 bits per heavy atom. The highest BCUT2D eigenvalue weighted by atomic mass is 16.2. The van der Waals surface area contributed by atoms with E-state index in [1.165, 1.54) is 0 Å². The number of amides is 2. The van der Waals surface area contributed by atoms with E-state index in [9.17, 15) is 9.59 Å². The lowest BCUT2D eigenvalue weighted by Crippen LogP contribution is -2.38. The molecule has 0 saturated carbocycles. The highest BCUT2D eigenvalue weighted by Crippen LogP contribution is 2.30. The number of hydrogen-bond acceptors (Lipinski definition) is 3. The Kier molecular flexibility index (Phi) is 4.61. The molecule has 0 aliphatic carbocycles. The molecular weight excluding hydrogens is 254 g/mol. The maximum Gasteiger partial charge on any atom is 0.229 e. The number of fused-ring (bicyclic) bond motifs is 1. The standard InChI is InChI=1S/C15H21N3O2/c1-10(2)14(19)16-7-8-17-15(20)12-9-18-13-6-4-3-5-11(12)13/h3-6,10,12,18H,7-9H2,1-2H3,(H,16,19)(H,17,20). The molecule has 108 valence electrons. The number of para-hydroxylation sites is 1. The van der Waals surface area contributed by atoms with Crippen LogP contribution in [0.15, 0.2) is 24.3 Å². The van der Waals surface area contributed by atoms with Crippen molar-refractivity contribution in [1.82, 2.24) is 10.6 Å². The van der Waals surface area contributed by atoms with Crippen LogP contribution in [0, 0.1) is 5.92 Å². The van der Waals surface area contributed by atoms with Crippen molar-refractivity contribution in [2.45, 2.75) is 19.8 Å². The molecule has 5 heteroatoms. The van der Waals surface area contributed by atoms with Crippen LogP contribution in [0.2, 0.25) is 0 Å². The summed E-state index contributed by atoms with van der Waals surface area (Å²) in [5.41, 5.74) is 2.07. The van der Waals surface area contributed by atoms with E-state index in [-0.39, 0.29) is 23.7 Å². The van der Waals surface area contributed by atoms with Gasteiger partial charge in [-0.25, -0.2) is 0 Å². The summed E-state index contributed by atoms with van der Waals surface area (Å²) in [5, 5.41) is 8.87. The van der Waals surface area contributed by atoms with Gasteiger partial charge in [-0.05, 0) is 11.6 Å². The largest absolute Gasteiger partial charge is 0.384 e. The molecule has 3 N–H and O–H groups in total. The third-order valence-corrected chi connectivity index (χ3v) is 3.40. The van der Waals surface area contributed by atoms with Crippen molar-refractivity contribution in [3.05, 3.63) is 29.8 Å². The van der Waals surface area contributed by atoms with Crippen LogP contribution in [0.5, 0.6) is 0 Å². The third kappa shape index (κ3) is 3.29. The Labute approximate surface area is 119 Å². The number of carbonyl (C=O) groups excluding carboxylic acids is 2. The third-order valence-electron chi connectivity index (χ3n) is 3.40. The highest BCUT2D eigenvalue weighted by molar-refractivity contribution is 5.88. The Bertz CT molecular complexity index is 500. The minimum atomic E-state index is -0.146. The monoisotopic (exact) mass is 275 g/mol. The predicted molar refractivity (Wildman–Crippen MR) is 78.5 cm³/mol. The van der Waals surface area contributed by atoms with Crippen LogP contribution in [-0.2, 0) is 9.59 Å². The van der Waals surface area contributed by atoms with E-state index in [0.717, 1.165) is 11.3 Å². The fourth-order valence-electron chi connectivity index (χ4n) is 2.22. The van der Waals surface area contributed by atoms with Crippen molar-refractivity contribution in [1.29, 1.82) is 0 Å². The summed E-state index contributed by atoms with van der Waals surface area (Å²) < 4.78 is 0.